The van der Waals surface area contributed by atoms with Crippen molar-refractivity contribution in [3.63, 3.8) is 0 Å². The molecule has 86 valence electrons. The molecule has 0 amide bonds. The van der Waals surface area contributed by atoms with Crippen molar-refractivity contribution in [3.8, 4) is 0 Å². The molecular weight excluding hydrogens is 216 g/mol. The third-order valence-corrected chi connectivity index (χ3v) is 2.83. The first kappa shape index (κ1) is 10.0. The fraction of sp³-hybridized carbons (Fsp3) is 0.167. The number of fused-ring (bicyclic) bond motifs is 1. The summed E-state index contributed by atoms with van der Waals surface area (Å²) in [6, 6.07) is 2.01. The minimum absolute atomic E-state index is 0.0652. The predicted molar refractivity (Wildman–Crippen MR) is 62.6 cm³/mol. The molecule has 3 rings (SSSR count). The second-order valence-electron chi connectivity index (χ2n) is 3.78. The van der Waals surface area contributed by atoms with Gasteiger partial charge in [0.1, 0.15) is 0 Å². The Bertz CT molecular complexity index is 614. The largest absolute Gasteiger partial charge is 0.472 e. The highest BCUT2D eigenvalue weighted by molar-refractivity contribution is 5.55. The van der Waals surface area contributed by atoms with E-state index in [9.17, 15) is 0 Å². The number of nitrogens with zero attached hydrogens (tertiary/aromatic N) is 3. The van der Waals surface area contributed by atoms with Gasteiger partial charge in [0.25, 0.3) is 0 Å². The van der Waals surface area contributed by atoms with Gasteiger partial charge in [0.05, 0.1) is 36.5 Å². The third kappa shape index (κ3) is 1.60. The zero-order valence-corrected chi connectivity index (χ0v) is 9.37. The van der Waals surface area contributed by atoms with E-state index in [2.05, 4.69) is 15.4 Å². The maximum absolute atomic E-state index is 5.12. The van der Waals surface area contributed by atoms with Crippen LogP contribution in [0.1, 0.15) is 17.2 Å². The van der Waals surface area contributed by atoms with Gasteiger partial charge in [-0.2, -0.15) is 5.10 Å². The predicted octanol–water partition coefficient (Wildman–Crippen LogP) is 1.63. The maximum Gasteiger partial charge on any atom is 0.0953 e. The summed E-state index contributed by atoms with van der Waals surface area (Å²) in [7, 11) is 1.91. The van der Waals surface area contributed by atoms with E-state index in [1.54, 1.807) is 18.7 Å². The first-order chi connectivity index (χ1) is 8.40. The molecule has 0 radical (unpaired) electrons. The van der Waals surface area contributed by atoms with Crippen LogP contribution in [0.2, 0.25) is 0 Å². The van der Waals surface area contributed by atoms with Gasteiger partial charge in [-0.05, 0) is 13.1 Å². The van der Waals surface area contributed by atoms with Crippen LogP contribution in [0.3, 0.4) is 0 Å². The van der Waals surface area contributed by atoms with Crippen molar-refractivity contribution in [2.45, 2.75) is 6.04 Å². The fourth-order valence-electron chi connectivity index (χ4n) is 2.02. The van der Waals surface area contributed by atoms with Crippen molar-refractivity contribution in [2.75, 3.05) is 7.05 Å². The number of hydrogen-bond donors (Lipinski definition) is 1. The van der Waals surface area contributed by atoms with E-state index in [-0.39, 0.29) is 6.04 Å². The van der Waals surface area contributed by atoms with Crippen molar-refractivity contribution >= 4 is 5.52 Å². The number of aromatic nitrogens is 3. The van der Waals surface area contributed by atoms with Crippen LogP contribution in [0.5, 0.6) is 0 Å². The highest BCUT2D eigenvalue weighted by atomic mass is 16.3. The van der Waals surface area contributed by atoms with Crippen LogP contribution in [-0.2, 0) is 0 Å². The summed E-state index contributed by atoms with van der Waals surface area (Å²) in [5, 5.41) is 7.56. The molecule has 0 saturated carbocycles. The van der Waals surface area contributed by atoms with Crippen LogP contribution in [0.25, 0.3) is 5.52 Å². The highest BCUT2D eigenvalue weighted by Crippen LogP contribution is 2.25. The smallest absolute Gasteiger partial charge is 0.0953 e. The summed E-state index contributed by atoms with van der Waals surface area (Å²) in [5.41, 5.74) is 3.15. The molecule has 5 heteroatoms. The summed E-state index contributed by atoms with van der Waals surface area (Å²) in [4.78, 5) is 4.13. The van der Waals surface area contributed by atoms with Crippen LogP contribution in [0, 0.1) is 0 Å². The molecule has 5 nitrogen and oxygen atoms in total. The number of furan rings is 1. The molecule has 3 heterocycles. The molecule has 0 aromatic carbocycles. The molecule has 0 bridgehead atoms. The van der Waals surface area contributed by atoms with E-state index < -0.39 is 0 Å². The van der Waals surface area contributed by atoms with Crippen LogP contribution in [0.15, 0.2) is 47.8 Å². The second-order valence-corrected chi connectivity index (χ2v) is 3.78. The van der Waals surface area contributed by atoms with Crippen LogP contribution in [-0.4, -0.2) is 21.6 Å². The lowest BCUT2D eigenvalue weighted by Crippen LogP contribution is -2.16. The number of rotatable bonds is 3. The van der Waals surface area contributed by atoms with Gasteiger partial charge in [-0.1, -0.05) is 0 Å². The quantitative estimate of drug-likeness (QED) is 0.740. The summed E-state index contributed by atoms with van der Waals surface area (Å²) < 4.78 is 6.94. The van der Waals surface area contributed by atoms with Gasteiger partial charge >= 0.3 is 0 Å². The summed E-state index contributed by atoms with van der Waals surface area (Å²) in [6.45, 7) is 0. The zero-order valence-electron chi connectivity index (χ0n) is 9.37. The summed E-state index contributed by atoms with van der Waals surface area (Å²) in [6.07, 6.45) is 10.6. The Labute approximate surface area is 98.1 Å². The summed E-state index contributed by atoms with van der Waals surface area (Å²) in [5.74, 6) is 0. The van der Waals surface area contributed by atoms with Gasteiger partial charge in [0.15, 0.2) is 0 Å². The molecular formula is C12H12N4O. The third-order valence-electron chi connectivity index (χ3n) is 2.83. The molecule has 3 aromatic heterocycles. The van der Waals surface area contributed by atoms with Crippen molar-refractivity contribution in [2.24, 2.45) is 0 Å². The van der Waals surface area contributed by atoms with Crippen molar-refractivity contribution in [1.82, 2.24) is 19.9 Å². The van der Waals surface area contributed by atoms with E-state index >= 15 is 0 Å². The minimum atomic E-state index is 0.0652. The Hall–Kier alpha value is -2.14. The van der Waals surface area contributed by atoms with E-state index in [1.807, 2.05) is 36.2 Å². The maximum atomic E-state index is 5.12. The fourth-order valence-corrected chi connectivity index (χ4v) is 2.02. The Morgan fingerprint density at radius 1 is 1.41 bits per heavy atom. The SMILES string of the molecule is CNC(c1ccoc1)c1cnn2ccncc12. The lowest BCUT2D eigenvalue weighted by Gasteiger charge is -2.12. The minimum Gasteiger partial charge on any atom is -0.472 e. The van der Waals surface area contributed by atoms with E-state index in [4.69, 9.17) is 4.42 Å². The molecule has 17 heavy (non-hydrogen) atoms. The molecule has 0 fully saturated rings. The Balaban J connectivity index is 2.13. The molecule has 1 atom stereocenters. The number of hydrogen-bond acceptors (Lipinski definition) is 4. The topological polar surface area (TPSA) is 55.4 Å². The monoisotopic (exact) mass is 228 g/mol. The molecule has 1 unspecified atom stereocenters. The van der Waals surface area contributed by atoms with E-state index in [0.717, 1.165) is 16.6 Å². The first-order valence-corrected chi connectivity index (χ1v) is 5.37. The van der Waals surface area contributed by atoms with E-state index in [1.165, 1.54) is 0 Å². The number of nitrogens with one attached hydrogen (secondary N) is 1. The van der Waals surface area contributed by atoms with Crippen molar-refractivity contribution < 1.29 is 4.42 Å². The lowest BCUT2D eigenvalue weighted by atomic mass is 10.0. The Morgan fingerprint density at radius 3 is 3.12 bits per heavy atom. The molecule has 0 aliphatic rings. The van der Waals surface area contributed by atoms with Gasteiger partial charge < -0.3 is 9.73 Å². The lowest BCUT2D eigenvalue weighted by molar-refractivity contribution is 0.557. The van der Waals surface area contributed by atoms with Gasteiger partial charge in [-0.25, -0.2) is 4.52 Å². The van der Waals surface area contributed by atoms with Gasteiger partial charge in [-0.15, -0.1) is 0 Å². The normalized spacial score (nSPS) is 13.0. The average Bonchev–Trinajstić information content (AvgIpc) is 3.01. The Kier molecular flexibility index (Phi) is 2.38. The van der Waals surface area contributed by atoms with Gasteiger partial charge in [-0.3, -0.25) is 4.98 Å². The van der Waals surface area contributed by atoms with Crippen molar-refractivity contribution in [1.29, 1.82) is 0 Å². The second kappa shape index (κ2) is 4.03. The van der Waals surface area contributed by atoms with Crippen LogP contribution >= 0.6 is 0 Å². The summed E-state index contributed by atoms with van der Waals surface area (Å²) >= 11 is 0. The zero-order chi connectivity index (χ0) is 11.7. The average molecular weight is 228 g/mol. The Morgan fingerprint density at radius 2 is 2.35 bits per heavy atom. The molecule has 0 aliphatic carbocycles. The molecule has 0 spiro atoms. The van der Waals surface area contributed by atoms with Crippen LogP contribution in [0.4, 0.5) is 0 Å². The van der Waals surface area contributed by atoms with E-state index in [0.29, 0.717) is 0 Å². The van der Waals surface area contributed by atoms with Gasteiger partial charge in [0.2, 0.25) is 0 Å². The van der Waals surface area contributed by atoms with Crippen molar-refractivity contribution in [3.05, 3.63) is 54.5 Å². The van der Waals surface area contributed by atoms with Crippen LogP contribution < -0.4 is 5.32 Å². The standard InChI is InChI=1S/C12H12N4O/c1-13-12(9-2-5-17-8-9)10-6-15-16-4-3-14-7-11(10)16/h2-8,12-13H,1H3. The van der Waals surface area contributed by atoms with Gasteiger partial charge in [0, 0.05) is 23.5 Å². The molecule has 1 N–H and O–H groups in total. The highest BCUT2D eigenvalue weighted by Gasteiger charge is 2.17. The molecule has 0 aliphatic heterocycles. The first-order valence-electron chi connectivity index (χ1n) is 5.37. The molecule has 3 aromatic rings. The molecule has 0 saturated heterocycles.